The molecule has 0 fully saturated rings. The summed E-state index contributed by atoms with van der Waals surface area (Å²) in [5.74, 6) is -0.998. The van der Waals surface area contributed by atoms with E-state index < -0.39 is 10.9 Å². The lowest BCUT2D eigenvalue weighted by molar-refractivity contribution is -0.380. The van der Waals surface area contributed by atoms with Crippen LogP contribution >= 0.6 is 11.3 Å². The van der Waals surface area contributed by atoms with Crippen molar-refractivity contribution in [1.82, 2.24) is 0 Å². The molecule has 0 atom stereocenters. The van der Waals surface area contributed by atoms with Crippen molar-refractivity contribution >= 4 is 28.1 Å². The molecule has 1 aromatic heterocycles. The van der Waals surface area contributed by atoms with E-state index in [9.17, 15) is 19.7 Å². The quantitative estimate of drug-likeness (QED) is 0.358. The smallest absolute Gasteiger partial charge is 0.349 e. The van der Waals surface area contributed by atoms with Crippen LogP contribution in [0.3, 0.4) is 0 Å². The number of rotatable bonds is 5. The van der Waals surface area contributed by atoms with Gasteiger partial charge in [0, 0.05) is 11.6 Å². The molecule has 0 bridgehead atoms. The van der Waals surface area contributed by atoms with Gasteiger partial charge < -0.3 is 4.74 Å². The van der Waals surface area contributed by atoms with E-state index in [2.05, 4.69) is 0 Å². The van der Waals surface area contributed by atoms with Crippen LogP contribution in [0.25, 0.3) is 0 Å². The third-order valence-corrected chi connectivity index (χ3v) is 4.99. The summed E-state index contributed by atoms with van der Waals surface area (Å²) in [6.45, 7) is -0.372. The Hall–Kier alpha value is -2.54. The van der Waals surface area contributed by atoms with Gasteiger partial charge in [-0.3, -0.25) is 14.9 Å². The summed E-state index contributed by atoms with van der Waals surface area (Å²) in [4.78, 5) is 34.2. The van der Waals surface area contributed by atoms with E-state index >= 15 is 0 Å². The lowest BCUT2D eigenvalue weighted by Crippen LogP contribution is -2.14. The maximum atomic E-state index is 12.2. The second kappa shape index (κ2) is 6.92. The summed E-state index contributed by atoms with van der Waals surface area (Å²) >= 11 is 0.730. The fourth-order valence-electron chi connectivity index (χ4n) is 2.73. The van der Waals surface area contributed by atoms with Gasteiger partial charge in [0.05, 0.1) is 4.92 Å². The standard InChI is InChI=1S/C17H15NO5S/c19-14(13-6-5-11-3-1-2-4-12(11)9-13)10-23-17(20)15-7-8-16(24-15)18(21)22/h5-9H,1-4,10H2. The van der Waals surface area contributed by atoms with E-state index in [0.717, 1.165) is 30.6 Å². The Morgan fingerprint density at radius 2 is 1.88 bits per heavy atom. The van der Waals surface area contributed by atoms with Gasteiger partial charge in [-0.15, -0.1) is 0 Å². The van der Waals surface area contributed by atoms with Crippen molar-refractivity contribution in [3.05, 3.63) is 62.0 Å². The lowest BCUT2D eigenvalue weighted by Gasteiger charge is -2.16. The van der Waals surface area contributed by atoms with E-state index in [1.54, 1.807) is 6.07 Å². The average Bonchev–Trinajstić information content (AvgIpc) is 3.09. The molecule has 1 heterocycles. The Balaban J connectivity index is 1.62. The first-order valence-electron chi connectivity index (χ1n) is 7.61. The number of ether oxygens (including phenoxy) is 1. The number of hydrogen-bond acceptors (Lipinski definition) is 6. The van der Waals surface area contributed by atoms with Gasteiger partial charge in [-0.1, -0.05) is 23.5 Å². The fourth-order valence-corrected chi connectivity index (χ4v) is 3.44. The fraction of sp³-hybridized carbons (Fsp3) is 0.294. The molecule has 0 saturated heterocycles. The monoisotopic (exact) mass is 345 g/mol. The molecule has 2 aromatic rings. The number of ketones is 1. The summed E-state index contributed by atoms with van der Waals surface area (Å²) in [5.41, 5.74) is 2.99. The van der Waals surface area contributed by atoms with Crippen molar-refractivity contribution < 1.29 is 19.2 Å². The molecule has 0 aliphatic heterocycles. The van der Waals surface area contributed by atoms with E-state index in [1.807, 2.05) is 12.1 Å². The van der Waals surface area contributed by atoms with Gasteiger partial charge >= 0.3 is 11.0 Å². The van der Waals surface area contributed by atoms with Crippen LogP contribution in [-0.2, 0) is 17.6 Å². The van der Waals surface area contributed by atoms with Crippen molar-refractivity contribution in [2.45, 2.75) is 25.7 Å². The van der Waals surface area contributed by atoms with Gasteiger partial charge in [0.25, 0.3) is 0 Å². The molecule has 7 heteroatoms. The van der Waals surface area contributed by atoms with Crippen LogP contribution in [0.5, 0.6) is 0 Å². The number of aryl methyl sites for hydroxylation is 2. The number of hydrogen-bond donors (Lipinski definition) is 0. The molecule has 0 N–H and O–H groups in total. The van der Waals surface area contributed by atoms with Crippen LogP contribution in [0, 0.1) is 10.1 Å². The molecular weight excluding hydrogens is 330 g/mol. The zero-order chi connectivity index (χ0) is 17.1. The van der Waals surface area contributed by atoms with Crippen LogP contribution in [0.2, 0.25) is 0 Å². The maximum Gasteiger partial charge on any atom is 0.349 e. The third kappa shape index (κ3) is 3.51. The Morgan fingerprint density at radius 1 is 1.12 bits per heavy atom. The minimum atomic E-state index is -0.723. The predicted octanol–water partition coefficient (Wildman–Crippen LogP) is 3.57. The number of esters is 1. The van der Waals surface area contributed by atoms with Crippen molar-refractivity contribution in [2.75, 3.05) is 6.61 Å². The van der Waals surface area contributed by atoms with E-state index in [-0.39, 0.29) is 22.3 Å². The highest BCUT2D eigenvalue weighted by Gasteiger charge is 2.18. The number of carbonyl (C=O) groups is 2. The minimum Gasteiger partial charge on any atom is -0.453 e. The van der Waals surface area contributed by atoms with Crippen LogP contribution < -0.4 is 0 Å². The predicted molar refractivity (Wildman–Crippen MR) is 88.7 cm³/mol. The summed E-state index contributed by atoms with van der Waals surface area (Å²) in [5, 5.41) is 10.5. The number of carbonyl (C=O) groups excluding carboxylic acids is 2. The van der Waals surface area contributed by atoms with Crippen LogP contribution in [0.15, 0.2) is 30.3 Å². The van der Waals surface area contributed by atoms with Crippen LogP contribution in [0.1, 0.15) is 44.0 Å². The molecule has 1 aliphatic carbocycles. The summed E-state index contributed by atoms with van der Waals surface area (Å²) in [6.07, 6.45) is 4.30. The van der Waals surface area contributed by atoms with Gasteiger partial charge in [-0.2, -0.15) is 0 Å². The second-order valence-corrected chi connectivity index (χ2v) is 6.65. The van der Waals surface area contributed by atoms with Gasteiger partial charge in [-0.05, 0) is 48.9 Å². The lowest BCUT2D eigenvalue weighted by atomic mass is 9.90. The van der Waals surface area contributed by atoms with Crippen molar-refractivity contribution in [3.8, 4) is 0 Å². The van der Waals surface area contributed by atoms with Crippen LogP contribution in [-0.4, -0.2) is 23.3 Å². The van der Waals surface area contributed by atoms with E-state index in [4.69, 9.17) is 4.74 Å². The minimum absolute atomic E-state index is 0.111. The molecule has 6 nitrogen and oxygen atoms in total. The normalized spacial score (nSPS) is 13.2. The summed E-state index contributed by atoms with van der Waals surface area (Å²) in [7, 11) is 0. The van der Waals surface area contributed by atoms with Crippen molar-refractivity contribution in [1.29, 1.82) is 0 Å². The largest absolute Gasteiger partial charge is 0.453 e. The highest BCUT2D eigenvalue weighted by molar-refractivity contribution is 7.17. The topological polar surface area (TPSA) is 86.5 Å². The number of Topliss-reactive ketones (excluding diaryl/α,β-unsaturated/α-hetero) is 1. The Bertz CT molecular complexity index is 811. The number of benzene rings is 1. The second-order valence-electron chi connectivity index (χ2n) is 5.58. The van der Waals surface area contributed by atoms with Gasteiger partial charge in [0.2, 0.25) is 0 Å². The molecule has 1 aromatic carbocycles. The number of nitrogens with zero attached hydrogens (tertiary/aromatic N) is 1. The molecule has 0 unspecified atom stereocenters. The number of thiophene rings is 1. The van der Waals surface area contributed by atoms with Gasteiger partial charge in [0.1, 0.15) is 4.88 Å². The number of fused-ring (bicyclic) bond motifs is 1. The zero-order valence-electron chi connectivity index (χ0n) is 12.8. The van der Waals surface area contributed by atoms with E-state index in [0.29, 0.717) is 5.56 Å². The Labute approximate surface area is 142 Å². The third-order valence-electron chi connectivity index (χ3n) is 3.98. The average molecular weight is 345 g/mol. The molecule has 1 aliphatic rings. The van der Waals surface area contributed by atoms with Crippen molar-refractivity contribution in [3.63, 3.8) is 0 Å². The van der Waals surface area contributed by atoms with E-state index in [1.165, 1.54) is 29.7 Å². The van der Waals surface area contributed by atoms with Gasteiger partial charge in [-0.25, -0.2) is 4.79 Å². The van der Waals surface area contributed by atoms with Crippen molar-refractivity contribution in [2.24, 2.45) is 0 Å². The molecule has 0 saturated carbocycles. The first-order valence-corrected chi connectivity index (χ1v) is 8.42. The SMILES string of the molecule is O=C(COC(=O)c1ccc([N+](=O)[O-])s1)c1ccc2c(c1)CCCC2. The summed E-state index contributed by atoms with van der Waals surface area (Å²) < 4.78 is 4.98. The molecule has 24 heavy (non-hydrogen) atoms. The Morgan fingerprint density at radius 3 is 2.58 bits per heavy atom. The molecular formula is C17H15NO5S. The first kappa shape index (κ1) is 16.3. The van der Waals surface area contributed by atoms with Gasteiger partial charge in [0.15, 0.2) is 12.4 Å². The first-order chi connectivity index (χ1) is 11.5. The zero-order valence-corrected chi connectivity index (χ0v) is 13.6. The number of nitro groups is 1. The molecule has 0 radical (unpaired) electrons. The summed E-state index contributed by atoms with van der Waals surface area (Å²) in [6, 6.07) is 8.17. The highest BCUT2D eigenvalue weighted by atomic mass is 32.1. The Kier molecular flexibility index (Phi) is 4.71. The molecule has 124 valence electrons. The maximum absolute atomic E-state index is 12.2. The highest BCUT2D eigenvalue weighted by Crippen LogP contribution is 2.25. The molecule has 0 spiro atoms. The van der Waals surface area contributed by atoms with Crippen LogP contribution in [0.4, 0.5) is 5.00 Å². The molecule has 3 rings (SSSR count). The molecule has 0 amide bonds.